The van der Waals surface area contributed by atoms with Gasteiger partial charge in [-0.25, -0.2) is 0 Å². The van der Waals surface area contributed by atoms with Crippen molar-refractivity contribution in [1.29, 1.82) is 0 Å². The molecule has 1 fully saturated rings. The molecule has 0 amide bonds. The van der Waals surface area contributed by atoms with Crippen molar-refractivity contribution in [1.82, 2.24) is 0 Å². The van der Waals surface area contributed by atoms with Crippen molar-refractivity contribution in [3.63, 3.8) is 0 Å². The topological polar surface area (TPSA) is 0 Å². The van der Waals surface area contributed by atoms with Crippen LogP contribution in [0.2, 0.25) is 0 Å². The van der Waals surface area contributed by atoms with E-state index in [1.54, 1.807) is 0 Å². The van der Waals surface area contributed by atoms with E-state index in [1.807, 2.05) is 27.7 Å². The molecule has 0 heteroatoms. The zero-order valence-electron chi connectivity index (χ0n) is 29.9. The molecule has 220 valence electrons. The van der Waals surface area contributed by atoms with Crippen LogP contribution in [0.4, 0.5) is 0 Å². The normalized spacial score (nSPS) is 21.6. The van der Waals surface area contributed by atoms with Gasteiger partial charge < -0.3 is 0 Å². The highest BCUT2D eigenvalue weighted by atomic mass is 14.4. The van der Waals surface area contributed by atoms with E-state index in [-0.39, 0.29) is 0 Å². The second kappa shape index (κ2) is 17.2. The molecule has 2 aromatic carbocycles. The third kappa shape index (κ3) is 8.72. The molecule has 0 N–H and O–H groups in total. The Morgan fingerprint density at radius 3 is 0.316 bits per heavy atom. The molecule has 0 heterocycles. The lowest BCUT2D eigenvalue weighted by atomic mass is 9.90. The van der Waals surface area contributed by atoms with Crippen LogP contribution in [0.25, 0.3) is 0 Å². The Labute approximate surface area is 241 Å². The maximum Gasteiger partial charge on any atom is -0.0386 e. The van der Waals surface area contributed by atoms with Crippen LogP contribution in [-0.2, 0) is 0 Å². The van der Waals surface area contributed by atoms with Gasteiger partial charge in [0, 0.05) is 0 Å². The van der Waals surface area contributed by atoms with Gasteiger partial charge in [-0.2, -0.15) is 0 Å². The van der Waals surface area contributed by atoms with Crippen molar-refractivity contribution in [2.24, 2.45) is 29.6 Å². The summed E-state index contributed by atoms with van der Waals surface area (Å²) in [5.74, 6) is 4.68. The minimum absolute atomic E-state index is 0.935. The Morgan fingerprint density at radius 2 is 0.263 bits per heavy atom. The average molecular weight is 525 g/mol. The van der Waals surface area contributed by atoms with Gasteiger partial charge in [0.2, 0.25) is 0 Å². The lowest BCUT2D eigenvalue weighted by molar-refractivity contribution is 0.352. The molecule has 0 nitrogen and oxygen atoms in total. The van der Waals surface area contributed by atoms with Crippen LogP contribution in [-0.4, -0.2) is 0 Å². The van der Waals surface area contributed by atoms with Crippen LogP contribution in [0.1, 0.15) is 129 Å². The molecule has 38 heavy (non-hydrogen) atoms. The maximum absolute atomic E-state index is 2.40. The molecule has 2 aromatic rings. The van der Waals surface area contributed by atoms with E-state index in [0.29, 0.717) is 0 Å². The van der Waals surface area contributed by atoms with E-state index in [9.17, 15) is 0 Å². The predicted molar refractivity (Wildman–Crippen MR) is 178 cm³/mol. The van der Waals surface area contributed by atoms with Gasteiger partial charge in [-0.3, -0.25) is 0 Å². The van der Waals surface area contributed by atoms with E-state index >= 15 is 0 Å². The first kappa shape index (κ1) is 38.6. The van der Waals surface area contributed by atoms with Crippen molar-refractivity contribution < 1.29 is 0 Å². The number of rotatable bonds is 0. The Hall–Kier alpha value is -1.56. The highest BCUT2D eigenvalue weighted by Gasteiger charge is 2.38. The molecule has 0 aliphatic heterocycles. The first-order valence-corrected chi connectivity index (χ1v) is 15.6. The molecule has 0 radical (unpaired) electrons. The van der Waals surface area contributed by atoms with Crippen LogP contribution in [0, 0.1) is 113 Å². The molecule has 0 saturated heterocycles. The molecular weight excluding hydrogens is 456 g/mol. The van der Waals surface area contributed by atoms with Crippen molar-refractivity contribution in [2.45, 2.75) is 145 Å². The summed E-state index contributed by atoms with van der Waals surface area (Å²) in [6, 6.07) is 0. The number of benzene rings is 2. The van der Waals surface area contributed by atoms with Crippen molar-refractivity contribution in [2.75, 3.05) is 0 Å². The van der Waals surface area contributed by atoms with Gasteiger partial charge in [0.15, 0.2) is 0 Å². The van der Waals surface area contributed by atoms with Crippen LogP contribution in [0.3, 0.4) is 0 Å². The molecule has 0 spiro atoms. The third-order valence-electron chi connectivity index (χ3n) is 10.9. The summed E-state index contributed by atoms with van der Waals surface area (Å²) in [6.07, 6.45) is 0. The largest absolute Gasteiger partial charge is 0.0683 e. The van der Waals surface area contributed by atoms with Gasteiger partial charge in [0.05, 0.1) is 0 Å². The summed E-state index contributed by atoms with van der Waals surface area (Å²) in [6.45, 7) is 46.5. The second-order valence-corrected chi connectivity index (χ2v) is 11.8. The minimum atomic E-state index is 0.935. The van der Waals surface area contributed by atoms with Gasteiger partial charge in [0.1, 0.15) is 0 Å². The molecule has 0 unspecified atom stereocenters. The van der Waals surface area contributed by atoms with Gasteiger partial charge in [-0.05, 0) is 179 Å². The lowest BCUT2D eigenvalue weighted by Crippen LogP contribution is -2.07. The minimum Gasteiger partial charge on any atom is -0.0683 e. The fraction of sp³-hybridized carbons (Fsp3) is 0.684. The van der Waals surface area contributed by atoms with E-state index in [0.717, 1.165) is 29.6 Å². The number of hydrogen-bond acceptors (Lipinski definition) is 0. The Morgan fingerprint density at radius 1 is 0.211 bits per heavy atom. The van der Waals surface area contributed by atoms with Crippen molar-refractivity contribution in [3.05, 3.63) is 66.8 Å². The quantitative estimate of drug-likeness (QED) is 0.321. The monoisotopic (exact) mass is 525 g/mol. The van der Waals surface area contributed by atoms with Crippen LogP contribution in [0.5, 0.6) is 0 Å². The predicted octanol–water partition coefficient (Wildman–Crippen LogP) is 12.3. The summed E-state index contributed by atoms with van der Waals surface area (Å²) in [5.41, 5.74) is 17.5. The molecule has 1 aliphatic rings. The Balaban J connectivity index is 0. The molecular formula is C38H68. The lowest BCUT2D eigenvalue weighted by Gasteiger charge is -2.15. The van der Waals surface area contributed by atoms with Crippen molar-refractivity contribution >= 4 is 0 Å². The molecule has 1 aliphatic carbocycles. The van der Waals surface area contributed by atoms with Crippen molar-refractivity contribution in [3.8, 4) is 0 Å². The van der Waals surface area contributed by atoms with Crippen LogP contribution >= 0.6 is 0 Å². The van der Waals surface area contributed by atoms with E-state index in [4.69, 9.17) is 0 Å². The van der Waals surface area contributed by atoms with Gasteiger partial charge in [-0.1, -0.05) is 62.3 Å². The highest BCUT2D eigenvalue weighted by Crippen LogP contribution is 2.44. The summed E-state index contributed by atoms with van der Waals surface area (Å²) in [4.78, 5) is 0. The standard InChI is InChI=1S/2C12H18.C10H20.2C2H6/c2*1-7-8(2)10(4)12(6)11(5)9(7)3;1-6-7(2)9(4)10(5)8(6)3;2*1-2/h2*1-6H3;6-10H,1-5H3;2*1-2H3. The van der Waals surface area contributed by atoms with E-state index in [2.05, 4.69) is 118 Å². The SMILES string of the molecule is CC.CC.CC1C(C)C(C)C(C)C1C.Cc1c(C)c(C)c(C)c(C)c1C.Cc1c(C)c(C)c(C)c(C)c1C. The molecule has 0 aromatic heterocycles. The summed E-state index contributed by atoms with van der Waals surface area (Å²) in [7, 11) is 0. The third-order valence-corrected chi connectivity index (χ3v) is 10.9. The number of hydrogen-bond donors (Lipinski definition) is 0. The fourth-order valence-corrected chi connectivity index (χ4v) is 5.77. The maximum atomic E-state index is 2.40. The molecule has 3 rings (SSSR count). The fourth-order valence-electron chi connectivity index (χ4n) is 5.77. The van der Waals surface area contributed by atoms with Gasteiger partial charge >= 0.3 is 0 Å². The zero-order chi connectivity index (χ0) is 30.8. The smallest absolute Gasteiger partial charge is 0.0386 e. The molecule has 0 atom stereocenters. The first-order chi connectivity index (χ1) is 17.5. The van der Waals surface area contributed by atoms with E-state index in [1.165, 1.54) is 66.8 Å². The molecule has 0 bridgehead atoms. The summed E-state index contributed by atoms with van der Waals surface area (Å²) in [5, 5.41) is 0. The first-order valence-electron chi connectivity index (χ1n) is 15.6. The Bertz CT molecular complexity index is 681. The van der Waals surface area contributed by atoms with Gasteiger partial charge in [-0.15, -0.1) is 0 Å². The van der Waals surface area contributed by atoms with Gasteiger partial charge in [0.25, 0.3) is 0 Å². The molecule has 1 saturated carbocycles. The second-order valence-electron chi connectivity index (χ2n) is 11.8. The van der Waals surface area contributed by atoms with Crippen LogP contribution < -0.4 is 0 Å². The summed E-state index contributed by atoms with van der Waals surface area (Å²) >= 11 is 0. The highest BCUT2D eigenvalue weighted by molar-refractivity contribution is 5.49. The Kier molecular flexibility index (Phi) is 17.5. The summed E-state index contributed by atoms with van der Waals surface area (Å²) < 4.78 is 0. The average Bonchev–Trinajstić information content (AvgIpc) is 3.10. The van der Waals surface area contributed by atoms with Crippen LogP contribution in [0.15, 0.2) is 0 Å². The van der Waals surface area contributed by atoms with E-state index < -0.39 is 0 Å². The zero-order valence-corrected chi connectivity index (χ0v) is 29.9.